The second-order valence-corrected chi connectivity index (χ2v) is 5.47. The molecule has 4 heteroatoms. The van der Waals surface area contributed by atoms with Gasteiger partial charge in [0.15, 0.2) is 0 Å². The maximum Gasteiger partial charge on any atom is 0.124 e. The number of methoxy groups -OCH3 is 1. The summed E-state index contributed by atoms with van der Waals surface area (Å²) in [5, 5.41) is 0. The van der Waals surface area contributed by atoms with Crippen LogP contribution in [0.5, 0.6) is 5.75 Å². The lowest BCUT2D eigenvalue weighted by atomic mass is 9.83. The van der Waals surface area contributed by atoms with Crippen LogP contribution in [0.4, 0.5) is 0 Å². The van der Waals surface area contributed by atoms with Crippen molar-refractivity contribution in [3.05, 3.63) is 29.3 Å². The van der Waals surface area contributed by atoms with Gasteiger partial charge in [-0.3, -0.25) is 0 Å². The first-order valence-corrected chi connectivity index (χ1v) is 7.16. The Morgan fingerprint density at radius 2 is 2.21 bits per heavy atom. The minimum Gasteiger partial charge on any atom is -0.496 e. The van der Waals surface area contributed by atoms with Crippen LogP contribution in [0, 0.1) is 5.92 Å². The largest absolute Gasteiger partial charge is 0.496 e. The van der Waals surface area contributed by atoms with E-state index in [1.807, 2.05) is 18.2 Å². The Morgan fingerprint density at radius 1 is 1.42 bits per heavy atom. The number of nitrogens with two attached hydrogens (primary N) is 1. The lowest BCUT2D eigenvalue weighted by Gasteiger charge is -2.24. The molecule has 0 bridgehead atoms. The van der Waals surface area contributed by atoms with E-state index in [0.717, 1.165) is 35.8 Å². The third-order valence-electron chi connectivity index (χ3n) is 3.72. The molecule has 0 aromatic heterocycles. The van der Waals surface area contributed by atoms with Crippen molar-refractivity contribution in [3.8, 4) is 5.75 Å². The van der Waals surface area contributed by atoms with Crippen LogP contribution in [0.1, 0.15) is 36.8 Å². The summed E-state index contributed by atoms with van der Waals surface area (Å²) in [7, 11) is 1.66. The fraction of sp³-hybridized carbons (Fsp3) is 0.533. The lowest BCUT2D eigenvalue weighted by Crippen LogP contribution is -2.14. The van der Waals surface area contributed by atoms with Crippen molar-refractivity contribution in [1.29, 1.82) is 0 Å². The first kappa shape index (κ1) is 14.3. The van der Waals surface area contributed by atoms with Crippen molar-refractivity contribution in [1.82, 2.24) is 0 Å². The monoisotopic (exact) mass is 279 g/mol. The summed E-state index contributed by atoms with van der Waals surface area (Å²) in [5.41, 5.74) is 7.50. The average Bonchev–Trinajstić information content (AvgIpc) is 2.36. The highest BCUT2D eigenvalue weighted by Gasteiger charge is 2.16. The van der Waals surface area contributed by atoms with Crippen LogP contribution in [-0.2, 0) is 11.3 Å². The highest BCUT2D eigenvalue weighted by Crippen LogP contribution is 2.29. The van der Waals surface area contributed by atoms with Crippen molar-refractivity contribution in [2.75, 3.05) is 13.7 Å². The predicted molar refractivity (Wildman–Crippen MR) is 80.5 cm³/mol. The number of hydrogen-bond acceptors (Lipinski definition) is 3. The van der Waals surface area contributed by atoms with Crippen LogP contribution in [-0.4, -0.2) is 18.7 Å². The van der Waals surface area contributed by atoms with Crippen LogP contribution < -0.4 is 10.5 Å². The maximum atomic E-state index is 5.74. The molecule has 1 aromatic rings. The molecule has 0 saturated heterocycles. The van der Waals surface area contributed by atoms with Gasteiger partial charge >= 0.3 is 0 Å². The van der Waals surface area contributed by atoms with Gasteiger partial charge in [-0.05, 0) is 30.5 Å². The molecule has 0 heterocycles. The summed E-state index contributed by atoms with van der Waals surface area (Å²) < 4.78 is 11.1. The topological polar surface area (TPSA) is 44.5 Å². The van der Waals surface area contributed by atoms with E-state index in [2.05, 4.69) is 0 Å². The van der Waals surface area contributed by atoms with Crippen LogP contribution >= 0.6 is 12.2 Å². The van der Waals surface area contributed by atoms with E-state index >= 15 is 0 Å². The summed E-state index contributed by atoms with van der Waals surface area (Å²) in [4.78, 5) is 0.401. The van der Waals surface area contributed by atoms with Gasteiger partial charge in [0.2, 0.25) is 0 Å². The summed E-state index contributed by atoms with van der Waals surface area (Å²) in [5.74, 6) is 1.70. The zero-order valence-electron chi connectivity index (χ0n) is 11.4. The molecule has 0 spiro atoms. The van der Waals surface area contributed by atoms with Gasteiger partial charge in [-0.2, -0.15) is 0 Å². The van der Waals surface area contributed by atoms with Crippen LogP contribution in [0.2, 0.25) is 0 Å². The van der Waals surface area contributed by atoms with Crippen molar-refractivity contribution >= 4 is 17.2 Å². The third kappa shape index (κ3) is 3.91. The van der Waals surface area contributed by atoms with E-state index in [0.29, 0.717) is 11.6 Å². The lowest BCUT2D eigenvalue weighted by molar-refractivity contribution is 0.0936. The van der Waals surface area contributed by atoms with E-state index in [4.69, 9.17) is 27.4 Å². The second kappa shape index (κ2) is 6.87. The molecule has 1 aliphatic rings. The Bertz CT molecular complexity index is 444. The van der Waals surface area contributed by atoms with E-state index in [-0.39, 0.29) is 0 Å². The molecule has 104 valence electrons. The zero-order valence-corrected chi connectivity index (χ0v) is 12.2. The van der Waals surface area contributed by atoms with Crippen molar-refractivity contribution < 1.29 is 9.47 Å². The third-order valence-corrected chi connectivity index (χ3v) is 3.95. The highest BCUT2D eigenvalue weighted by molar-refractivity contribution is 7.80. The number of hydrogen-bond donors (Lipinski definition) is 1. The van der Waals surface area contributed by atoms with Crippen molar-refractivity contribution in [3.63, 3.8) is 0 Å². The number of benzene rings is 1. The number of rotatable bonds is 7. The SMILES string of the molecule is COc1ccc(C(N)=S)cc1COCCC1CCC1. The Balaban J connectivity index is 1.88. The van der Waals surface area contributed by atoms with Gasteiger partial charge in [0, 0.05) is 17.7 Å². The fourth-order valence-corrected chi connectivity index (χ4v) is 2.39. The number of ether oxygens (including phenoxy) is 2. The van der Waals surface area contributed by atoms with Crippen LogP contribution in [0.25, 0.3) is 0 Å². The van der Waals surface area contributed by atoms with Crippen LogP contribution in [0.15, 0.2) is 18.2 Å². The van der Waals surface area contributed by atoms with Gasteiger partial charge in [-0.25, -0.2) is 0 Å². The first-order valence-electron chi connectivity index (χ1n) is 6.75. The quantitative estimate of drug-likeness (QED) is 0.615. The Labute approximate surface area is 120 Å². The fourth-order valence-electron chi connectivity index (χ4n) is 2.26. The molecular weight excluding hydrogens is 258 g/mol. The predicted octanol–water partition coefficient (Wildman–Crippen LogP) is 3.04. The van der Waals surface area contributed by atoms with Crippen molar-refractivity contribution in [2.24, 2.45) is 11.7 Å². The minimum atomic E-state index is 0.401. The van der Waals surface area contributed by atoms with Gasteiger partial charge in [-0.1, -0.05) is 31.5 Å². The van der Waals surface area contributed by atoms with Gasteiger partial charge in [0.05, 0.1) is 13.7 Å². The van der Waals surface area contributed by atoms with E-state index in [9.17, 15) is 0 Å². The van der Waals surface area contributed by atoms with E-state index < -0.39 is 0 Å². The van der Waals surface area contributed by atoms with E-state index in [1.165, 1.54) is 19.3 Å². The molecule has 2 rings (SSSR count). The molecule has 0 radical (unpaired) electrons. The first-order chi connectivity index (χ1) is 9.20. The molecule has 0 amide bonds. The normalized spacial score (nSPS) is 15.0. The molecule has 1 aliphatic carbocycles. The number of thiocarbonyl (C=S) groups is 1. The molecule has 0 atom stereocenters. The van der Waals surface area contributed by atoms with E-state index in [1.54, 1.807) is 7.11 Å². The maximum absolute atomic E-state index is 5.74. The molecule has 0 aliphatic heterocycles. The molecule has 3 nitrogen and oxygen atoms in total. The van der Waals surface area contributed by atoms with Gasteiger partial charge < -0.3 is 15.2 Å². The summed E-state index contributed by atoms with van der Waals surface area (Å²) in [6.07, 6.45) is 5.28. The highest BCUT2D eigenvalue weighted by atomic mass is 32.1. The zero-order chi connectivity index (χ0) is 13.7. The van der Waals surface area contributed by atoms with Gasteiger partial charge in [0.25, 0.3) is 0 Å². The summed E-state index contributed by atoms with van der Waals surface area (Å²) in [6.45, 7) is 1.36. The molecule has 0 unspecified atom stereocenters. The smallest absolute Gasteiger partial charge is 0.124 e. The molecule has 1 aromatic carbocycles. The second-order valence-electron chi connectivity index (χ2n) is 5.03. The minimum absolute atomic E-state index is 0.401. The Kier molecular flexibility index (Phi) is 5.16. The molecule has 19 heavy (non-hydrogen) atoms. The summed E-state index contributed by atoms with van der Waals surface area (Å²) in [6, 6.07) is 5.71. The van der Waals surface area contributed by atoms with Gasteiger partial charge in [0.1, 0.15) is 10.7 Å². The Morgan fingerprint density at radius 3 is 2.79 bits per heavy atom. The molecular formula is C15H21NO2S. The van der Waals surface area contributed by atoms with Gasteiger partial charge in [-0.15, -0.1) is 0 Å². The molecule has 1 fully saturated rings. The van der Waals surface area contributed by atoms with Crippen molar-refractivity contribution in [2.45, 2.75) is 32.3 Å². The Hall–Kier alpha value is -1.13. The van der Waals surface area contributed by atoms with Crippen LogP contribution in [0.3, 0.4) is 0 Å². The summed E-state index contributed by atoms with van der Waals surface area (Å²) >= 11 is 4.99. The average molecular weight is 279 g/mol. The molecule has 2 N–H and O–H groups in total. The standard InChI is InChI=1S/C15H21NO2S/c1-17-14-6-5-12(15(16)19)9-13(14)10-18-8-7-11-3-2-4-11/h5-6,9,11H,2-4,7-8,10H2,1H3,(H2,16,19). The molecule has 1 saturated carbocycles.